The molecule has 0 unspecified atom stereocenters. The Labute approximate surface area is 194 Å². The van der Waals surface area contributed by atoms with Crippen LogP contribution in [0.25, 0.3) is 6.08 Å². The fourth-order valence-electron chi connectivity index (χ4n) is 2.92. The molecular weight excluding hydrogens is 421 g/mol. The largest absolute Gasteiger partial charge is 0.493 e. The highest BCUT2D eigenvalue weighted by Crippen LogP contribution is 2.38. The number of ether oxygens (including phenoxy) is 3. The summed E-state index contributed by atoms with van der Waals surface area (Å²) in [6.45, 7) is 2.57. The smallest absolute Gasteiger partial charge is 0.203 e. The van der Waals surface area contributed by atoms with Crippen molar-refractivity contribution in [2.45, 2.75) is 13.3 Å². The molecule has 0 bridgehead atoms. The van der Waals surface area contributed by atoms with E-state index in [4.69, 9.17) is 14.2 Å². The lowest BCUT2D eigenvalue weighted by atomic mass is 10.1. The number of carbonyl (C=O) groups is 1. The van der Waals surface area contributed by atoms with Gasteiger partial charge in [-0.3, -0.25) is 4.79 Å². The molecule has 1 N–H and O–H groups in total. The third-order valence-corrected chi connectivity index (χ3v) is 4.65. The van der Waals surface area contributed by atoms with Crippen molar-refractivity contribution in [2.75, 3.05) is 27.9 Å². The minimum Gasteiger partial charge on any atom is -0.493 e. The molecule has 2 rings (SSSR count). The second-order valence-corrected chi connectivity index (χ2v) is 6.96. The Hall–Kier alpha value is -3.80. The zero-order valence-corrected chi connectivity index (χ0v) is 19.4. The summed E-state index contributed by atoms with van der Waals surface area (Å²) in [5.74, 6) is 1.12. The van der Waals surface area contributed by atoms with E-state index in [1.807, 2.05) is 36.4 Å². The number of benzene rings is 2. The molecule has 0 aliphatic heterocycles. The van der Waals surface area contributed by atoms with Gasteiger partial charge in [-0.05, 0) is 54.0 Å². The average Bonchev–Trinajstić information content (AvgIpc) is 2.84. The Morgan fingerprint density at radius 3 is 2.24 bits per heavy atom. The van der Waals surface area contributed by atoms with Crippen molar-refractivity contribution in [2.24, 2.45) is 0 Å². The van der Waals surface area contributed by atoms with Gasteiger partial charge in [-0.1, -0.05) is 37.3 Å². The molecule has 2 aromatic rings. The van der Waals surface area contributed by atoms with Crippen LogP contribution in [0.4, 0.5) is 4.39 Å². The zero-order chi connectivity index (χ0) is 24.1. The Morgan fingerprint density at radius 2 is 1.67 bits per heavy atom. The minimum absolute atomic E-state index is 0.202. The first-order valence-corrected chi connectivity index (χ1v) is 10.6. The third-order valence-electron chi connectivity index (χ3n) is 4.65. The van der Waals surface area contributed by atoms with Crippen LogP contribution in [0, 0.1) is 5.82 Å². The number of hydrogen-bond acceptors (Lipinski definition) is 5. The van der Waals surface area contributed by atoms with E-state index in [2.05, 4.69) is 18.3 Å². The number of carbonyl (C=O) groups excluding carboxylic acids is 1. The van der Waals surface area contributed by atoms with Crippen molar-refractivity contribution in [3.8, 4) is 17.2 Å². The maximum absolute atomic E-state index is 13.0. The Morgan fingerprint density at radius 1 is 1.00 bits per heavy atom. The first kappa shape index (κ1) is 25.5. The van der Waals surface area contributed by atoms with E-state index in [0.717, 1.165) is 17.6 Å². The monoisotopic (exact) mass is 451 g/mol. The maximum Gasteiger partial charge on any atom is 0.203 e. The van der Waals surface area contributed by atoms with Crippen LogP contribution < -0.4 is 19.5 Å². The van der Waals surface area contributed by atoms with Gasteiger partial charge in [-0.25, -0.2) is 4.39 Å². The Balaban J connectivity index is 2.12. The lowest BCUT2D eigenvalue weighted by molar-refractivity contribution is 0.104. The second-order valence-electron chi connectivity index (χ2n) is 6.96. The van der Waals surface area contributed by atoms with Crippen molar-refractivity contribution < 1.29 is 23.4 Å². The van der Waals surface area contributed by atoms with Crippen molar-refractivity contribution >= 4 is 11.9 Å². The number of ketones is 1. The fraction of sp³-hybridized carbons (Fsp3) is 0.222. The topological polar surface area (TPSA) is 56.8 Å². The van der Waals surface area contributed by atoms with Crippen LogP contribution in [-0.4, -0.2) is 33.7 Å². The van der Waals surface area contributed by atoms with Gasteiger partial charge >= 0.3 is 0 Å². The summed E-state index contributed by atoms with van der Waals surface area (Å²) in [4.78, 5) is 12.2. The van der Waals surface area contributed by atoms with Crippen molar-refractivity contribution in [1.29, 1.82) is 0 Å². The van der Waals surface area contributed by atoms with Gasteiger partial charge in [-0.2, -0.15) is 0 Å². The molecule has 0 amide bonds. The SMILES string of the molecule is CC\C=C/C=C(/C=C\c1cc(OC)c(OC)c(OC)c1)CN/C=C\C(=O)c1ccc(F)cc1. The summed E-state index contributed by atoms with van der Waals surface area (Å²) >= 11 is 0. The van der Waals surface area contributed by atoms with Gasteiger partial charge in [-0.15, -0.1) is 0 Å². The minimum atomic E-state index is -0.373. The molecule has 0 atom stereocenters. The molecule has 0 saturated carbocycles. The lowest BCUT2D eigenvalue weighted by Crippen LogP contribution is -2.09. The number of methoxy groups -OCH3 is 3. The lowest BCUT2D eigenvalue weighted by Gasteiger charge is -2.13. The molecular formula is C27H30FNO4. The quantitative estimate of drug-likeness (QED) is 0.253. The third kappa shape index (κ3) is 8.00. The van der Waals surface area contributed by atoms with Gasteiger partial charge in [0.05, 0.1) is 21.3 Å². The first-order chi connectivity index (χ1) is 16.0. The van der Waals surface area contributed by atoms with E-state index in [1.165, 1.54) is 30.3 Å². The second kappa shape index (κ2) is 13.6. The van der Waals surface area contributed by atoms with Crippen LogP contribution in [0.15, 0.2) is 78.6 Å². The van der Waals surface area contributed by atoms with Crippen LogP contribution in [0.5, 0.6) is 17.2 Å². The molecule has 0 aromatic heterocycles. The number of halogens is 1. The molecule has 0 spiro atoms. The van der Waals surface area contributed by atoms with Gasteiger partial charge in [0, 0.05) is 24.4 Å². The molecule has 0 fully saturated rings. The van der Waals surface area contributed by atoms with E-state index in [9.17, 15) is 9.18 Å². The predicted molar refractivity (Wildman–Crippen MR) is 131 cm³/mol. The maximum atomic E-state index is 13.0. The van der Waals surface area contributed by atoms with E-state index in [-0.39, 0.29) is 11.6 Å². The number of hydrogen-bond donors (Lipinski definition) is 1. The number of allylic oxidation sites excluding steroid dienone is 4. The van der Waals surface area contributed by atoms with Gasteiger partial charge < -0.3 is 19.5 Å². The molecule has 33 heavy (non-hydrogen) atoms. The first-order valence-electron chi connectivity index (χ1n) is 10.6. The summed E-state index contributed by atoms with van der Waals surface area (Å²) in [5, 5.41) is 3.13. The molecule has 0 radical (unpaired) electrons. The fourth-order valence-corrected chi connectivity index (χ4v) is 2.92. The highest BCUT2D eigenvalue weighted by atomic mass is 19.1. The molecule has 174 valence electrons. The van der Waals surface area contributed by atoms with Crippen LogP contribution in [-0.2, 0) is 0 Å². The molecule has 0 heterocycles. The summed E-state index contributed by atoms with van der Waals surface area (Å²) in [5.41, 5.74) is 2.31. The number of rotatable bonds is 12. The van der Waals surface area contributed by atoms with Crippen LogP contribution >= 0.6 is 0 Å². The van der Waals surface area contributed by atoms with Gasteiger partial charge in [0.25, 0.3) is 0 Å². The molecule has 0 aliphatic rings. The highest BCUT2D eigenvalue weighted by Gasteiger charge is 2.12. The summed E-state index contributed by atoms with van der Waals surface area (Å²) in [7, 11) is 4.72. The highest BCUT2D eigenvalue weighted by molar-refractivity contribution is 6.04. The van der Waals surface area contributed by atoms with Crippen molar-refractivity contribution in [1.82, 2.24) is 5.32 Å². The summed E-state index contributed by atoms with van der Waals surface area (Å²) in [6, 6.07) is 9.19. The van der Waals surface area contributed by atoms with Crippen molar-refractivity contribution in [3.05, 3.63) is 95.5 Å². The molecule has 0 aliphatic carbocycles. The van der Waals surface area contributed by atoms with E-state index in [1.54, 1.807) is 27.5 Å². The normalized spacial score (nSPS) is 12.0. The van der Waals surface area contributed by atoms with E-state index in [0.29, 0.717) is 29.4 Å². The average molecular weight is 452 g/mol. The van der Waals surface area contributed by atoms with Crippen LogP contribution in [0.2, 0.25) is 0 Å². The van der Waals surface area contributed by atoms with Crippen molar-refractivity contribution in [3.63, 3.8) is 0 Å². The molecule has 6 heteroatoms. The zero-order valence-electron chi connectivity index (χ0n) is 19.4. The van der Waals surface area contributed by atoms with Crippen LogP contribution in [0.1, 0.15) is 29.3 Å². The van der Waals surface area contributed by atoms with E-state index >= 15 is 0 Å². The summed E-state index contributed by atoms with van der Waals surface area (Å²) in [6.07, 6.45) is 13.9. The molecule has 0 saturated heterocycles. The summed E-state index contributed by atoms with van der Waals surface area (Å²) < 4.78 is 29.2. The predicted octanol–water partition coefficient (Wildman–Crippen LogP) is 5.74. The van der Waals surface area contributed by atoms with Gasteiger partial charge in [0.2, 0.25) is 5.75 Å². The van der Waals surface area contributed by atoms with E-state index < -0.39 is 0 Å². The molecule has 2 aromatic carbocycles. The molecule has 5 nitrogen and oxygen atoms in total. The van der Waals surface area contributed by atoms with Gasteiger partial charge in [0.1, 0.15) is 5.82 Å². The standard InChI is InChI=1S/C27H30FNO4/c1-5-6-7-8-20(19-29-16-15-24(30)22-11-13-23(28)14-12-22)9-10-21-17-25(31-2)27(33-4)26(18-21)32-3/h6-18,29H,5,19H2,1-4H3/b7-6-,10-9-,16-15-,20-8-. The Bertz CT molecular complexity index is 1010. The number of nitrogens with one attached hydrogen (secondary N) is 1. The Kier molecular flexibility index (Phi) is 10.5. The van der Waals surface area contributed by atoms with Crippen LogP contribution in [0.3, 0.4) is 0 Å². The van der Waals surface area contributed by atoms with Gasteiger partial charge in [0.15, 0.2) is 17.3 Å².